The molecular formula is C24H26N5O3P. The van der Waals surface area contributed by atoms with Crippen LogP contribution in [0.15, 0.2) is 30.3 Å². The number of H-pyrrole nitrogens is 2. The molecule has 3 heterocycles. The van der Waals surface area contributed by atoms with Gasteiger partial charge in [-0.2, -0.15) is 5.10 Å². The van der Waals surface area contributed by atoms with E-state index in [0.717, 1.165) is 50.7 Å². The first kappa shape index (κ1) is 21.6. The summed E-state index contributed by atoms with van der Waals surface area (Å²) in [4.78, 5) is 21.7. The van der Waals surface area contributed by atoms with Crippen LogP contribution in [0.1, 0.15) is 30.8 Å². The van der Waals surface area contributed by atoms with Crippen molar-refractivity contribution in [2.24, 2.45) is 0 Å². The third-order valence-corrected chi connectivity index (χ3v) is 6.94. The van der Waals surface area contributed by atoms with E-state index < -0.39 is 12.0 Å². The number of imidazole rings is 1. The molecule has 2 aromatic carbocycles. The molecule has 0 amide bonds. The van der Waals surface area contributed by atoms with Gasteiger partial charge in [-0.3, -0.25) is 14.8 Å². The van der Waals surface area contributed by atoms with Crippen LogP contribution in [-0.4, -0.2) is 53.8 Å². The second kappa shape index (κ2) is 8.28. The number of nitrogens with one attached hydrogen (secondary N) is 2. The van der Waals surface area contributed by atoms with Gasteiger partial charge in [0.2, 0.25) is 0 Å². The lowest BCUT2D eigenvalue weighted by atomic mass is 9.96. The Hall–Kier alpha value is -3.22. The van der Waals surface area contributed by atoms with Crippen molar-refractivity contribution in [2.75, 3.05) is 6.54 Å². The molecule has 0 aliphatic carbocycles. The van der Waals surface area contributed by atoms with Crippen LogP contribution in [0.2, 0.25) is 0 Å². The number of carbonyl (C=O) groups is 1. The summed E-state index contributed by atoms with van der Waals surface area (Å²) in [7, 11) is 2.58. The number of aromatic nitrogens is 4. The summed E-state index contributed by atoms with van der Waals surface area (Å²) in [5, 5.41) is 29.0. The highest BCUT2D eigenvalue weighted by Crippen LogP contribution is 2.33. The number of rotatable bonds is 5. The third-order valence-electron chi connectivity index (χ3n) is 6.48. The van der Waals surface area contributed by atoms with Crippen molar-refractivity contribution in [1.29, 1.82) is 0 Å². The fraction of sp³-hybridized carbons (Fsp3) is 0.292. The third kappa shape index (κ3) is 3.69. The lowest BCUT2D eigenvalue weighted by Gasteiger charge is -2.30. The Bertz CT molecular complexity index is 1380. The number of phenols is 1. The highest BCUT2D eigenvalue weighted by molar-refractivity contribution is 7.27. The minimum atomic E-state index is -0.820. The quantitative estimate of drug-likeness (QED) is 0.338. The molecule has 0 radical (unpaired) electrons. The molecule has 2 aromatic heterocycles. The predicted octanol–water partition coefficient (Wildman–Crippen LogP) is 3.22. The number of aryl methyl sites for hydroxylation is 1. The summed E-state index contributed by atoms with van der Waals surface area (Å²) in [6, 6.07) is 9.38. The predicted molar refractivity (Wildman–Crippen MR) is 131 cm³/mol. The van der Waals surface area contributed by atoms with Crippen LogP contribution in [0.25, 0.3) is 33.5 Å². The summed E-state index contributed by atoms with van der Waals surface area (Å²) < 4.78 is 0. The maximum atomic E-state index is 11.7. The Kier molecular flexibility index (Phi) is 5.43. The van der Waals surface area contributed by atoms with Gasteiger partial charge in [-0.1, -0.05) is 19.9 Å². The molecule has 0 spiro atoms. The van der Waals surface area contributed by atoms with Crippen molar-refractivity contribution in [3.8, 4) is 28.4 Å². The van der Waals surface area contributed by atoms with Crippen LogP contribution >= 0.6 is 9.24 Å². The van der Waals surface area contributed by atoms with Crippen LogP contribution in [0.5, 0.6) is 5.75 Å². The molecule has 0 bridgehead atoms. The average molecular weight is 463 g/mol. The number of fused-ring (bicyclic) bond motifs is 2. The summed E-state index contributed by atoms with van der Waals surface area (Å²) in [5.74, 6) is 0.102. The number of carboxylic acid groups (broad SMARTS) is 1. The molecular weight excluding hydrogens is 437 g/mol. The van der Waals surface area contributed by atoms with Gasteiger partial charge < -0.3 is 15.2 Å². The van der Waals surface area contributed by atoms with Gasteiger partial charge in [0.15, 0.2) is 5.82 Å². The van der Waals surface area contributed by atoms with Gasteiger partial charge in [0.25, 0.3) is 0 Å². The van der Waals surface area contributed by atoms with Gasteiger partial charge in [-0.25, -0.2) is 4.98 Å². The molecule has 1 unspecified atom stereocenters. The number of likely N-dealkylation sites (N-methyl/N-ethyl adjacent to an activating group) is 1. The van der Waals surface area contributed by atoms with Crippen molar-refractivity contribution in [1.82, 2.24) is 25.1 Å². The van der Waals surface area contributed by atoms with Crippen molar-refractivity contribution in [2.45, 2.75) is 39.3 Å². The van der Waals surface area contributed by atoms with E-state index in [4.69, 9.17) is 4.98 Å². The SMILES string of the molecule is CCc1cc(O)c(P)cc1-c1ccc2c(-c3nc4c([nH]3)CN(CC)[C@H](C(=O)O)C4)n[nH]c2c1. The summed E-state index contributed by atoms with van der Waals surface area (Å²) in [6.07, 6.45) is 1.18. The highest BCUT2D eigenvalue weighted by atomic mass is 31.0. The lowest BCUT2D eigenvalue weighted by Crippen LogP contribution is -2.45. The molecule has 4 aromatic rings. The molecule has 33 heavy (non-hydrogen) atoms. The van der Waals surface area contributed by atoms with E-state index in [-0.39, 0.29) is 5.75 Å². The standard InChI is InChI=1S/C24H26N5O3P/c1-3-12-8-20(30)21(33)9-15(12)13-5-6-14-16(7-13)27-28-22(14)23-25-17-10-19(24(31)32)29(4-2)11-18(17)26-23/h5-9,19,30H,3-4,10-11,33H2,1-2H3,(H,25,26)(H,27,28)(H,31,32)/t19-/m0/s1. The van der Waals surface area contributed by atoms with Crippen LogP contribution in [0, 0.1) is 0 Å². The first-order valence-electron chi connectivity index (χ1n) is 11.0. The number of benzene rings is 2. The number of hydrogen-bond donors (Lipinski definition) is 4. The maximum absolute atomic E-state index is 11.7. The summed E-state index contributed by atoms with van der Waals surface area (Å²) in [6.45, 7) is 5.23. The summed E-state index contributed by atoms with van der Waals surface area (Å²) in [5.41, 5.74) is 6.53. The van der Waals surface area contributed by atoms with Crippen molar-refractivity contribution in [3.63, 3.8) is 0 Å². The number of nitrogens with zero attached hydrogens (tertiary/aromatic N) is 3. The van der Waals surface area contributed by atoms with E-state index in [1.807, 2.05) is 30.0 Å². The van der Waals surface area contributed by atoms with E-state index in [1.165, 1.54) is 0 Å². The monoisotopic (exact) mass is 463 g/mol. The van der Waals surface area contributed by atoms with Gasteiger partial charge in [0.1, 0.15) is 17.5 Å². The second-order valence-corrected chi connectivity index (χ2v) is 9.01. The Morgan fingerprint density at radius 2 is 2.09 bits per heavy atom. The number of hydrogen-bond acceptors (Lipinski definition) is 5. The smallest absolute Gasteiger partial charge is 0.321 e. The molecule has 1 aliphatic rings. The van der Waals surface area contributed by atoms with Crippen LogP contribution in [0.4, 0.5) is 0 Å². The maximum Gasteiger partial charge on any atom is 0.321 e. The topological polar surface area (TPSA) is 118 Å². The molecule has 0 fully saturated rings. The van der Waals surface area contributed by atoms with Crippen LogP contribution in [-0.2, 0) is 24.2 Å². The molecule has 2 atom stereocenters. The van der Waals surface area contributed by atoms with E-state index in [2.05, 4.69) is 43.5 Å². The van der Waals surface area contributed by atoms with Crippen molar-refractivity contribution >= 4 is 31.4 Å². The molecule has 0 saturated carbocycles. The normalized spacial score (nSPS) is 16.3. The number of carboxylic acids is 1. The first-order valence-corrected chi connectivity index (χ1v) is 11.6. The van der Waals surface area contributed by atoms with E-state index >= 15 is 0 Å². The first-order chi connectivity index (χ1) is 15.9. The van der Waals surface area contributed by atoms with E-state index in [9.17, 15) is 15.0 Å². The van der Waals surface area contributed by atoms with Crippen LogP contribution in [0.3, 0.4) is 0 Å². The number of phenolic OH excluding ortho intramolecular Hbond substituents is 1. The van der Waals surface area contributed by atoms with Gasteiger partial charge in [-0.05, 0) is 53.9 Å². The molecule has 8 nitrogen and oxygen atoms in total. The Morgan fingerprint density at radius 3 is 2.82 bits per heavy atom. The minimum absolute atomic E-state index is 0.277. The zero-order valence-electron chi connectivity index (χ0n) is 18.5. The minimum Gasteiger partial charge on any atom is -0.507 e. The fourth-order valence-corrected chi connectivity index (χ4v) is 4.89. The molecule has 4 N–H and O–H groups in total. The van der Waals surface area contributed by atoms with Gasteiger partial charge in [0.05, 0.1) is 16.9 Å². The lowest BCUT2D eigenvalue weighted by molar-refractivity contribution is -0.143. The van der Waals surface area contributed by atoms with Gasteiger partial charge in [0, 0.05) is 23.7 Å². The van der Waals surface area contributed by atoms with Gasteiger partial charge in [-0.15, -0.1) is 9.24 Å². The van der Waals surface area contributed by atoms with Crippen LogP contribution < -0.4 is 5.30 Å². The van der Waals surface area contributed by atoms with E-state index in [1.54, 1.807) is 0 Å². The molecule has 1 aliphatic heterocycles. The number of aliphatic carboxylic acids is 1. The molecule has 5 rings (SSSR count). The largest absolute Gasteiger partial charge is 0.507 e. The highest BCUT2D eigenvalue weighted by Gasteiger charge is 2.33. The fourth-order valence-electron chi connectivity index (χ4n) is 4.64. The van der Waals surface area contributed by atoms with Gasteiger partial charge >= 0.3 is 5.97 Å². The van der Waals surface area contributed by atoms with Crippen molar-refractivity contribution in [3.05, 3.63) is 47.3 Å². The zero-order valence-corrected chi connectivity index (χ0v) is 19.7. The Morgan fingerprint density at radius 1 is 1.27 bits per heavy atom. The number of aromatic amines is 2. The number of aromatic hydroxyl groups is 1. The molecule has 9 heteroatoms. The second-order valence-electron chi connectivity index (χ2n) is 8.39. The van der Waals surface area contributed by atoms with Crippen molar-refractivity contribution < 1.29 is 15.0 Å². The average Bonchev–Trinajstić information content (AvgIpc) is 3.42. The van der Waals surface area contributed by atoms with E-state index in [0.29, 0.717) is 31.0 Å². The summed E-state index contributed by atoms with van der Waals surface area (Å²) >= 11 is 0. The molecule has 170 valence electrons. The molecule has 0 saturated heterocycles. The zero-order chi connectivity index (χ0) is 23.3. The Labute approximate surface area is 193 Å². The Balaban J connectivity index is 1.53.